The number of rotatable bonds is 7. The van der Waals surface area contributed by atoms with Crippen LogP contribution >= 0.6 is 11.6 Å². The van der Waals surface area contributed by atoms with Crippen LogP contribution in [0.1, 0.15) is 10.4 Å². The highest BCUT2D eigenvalue weighted by Crippen LogP contribution is 2.29. The van der Waals surface area contributed by atoms with Gasteiger partial charge in [0.1, 0.15) is 5.69 Å². The van der Waals surface area contributed by atoms with Gasteiger partial charge in [-0.2, -0.15) is 0 Å². The molecule has 168 valence electrons. The molecule has 2 aromatic carbocycles. The summed E-state index contributed by atoms with van der Waals surface area (Å²) in [6, 6.07) is 7.40. The van der Waals surface area contributed by atoms with Crippen LogP contribution in [0.25, 0.3) is 0 Å². The zero-order chi connectivity index (χ0) is 23.3. The maximum Gasteiger partial charge on any atom is 0.341 e. The number of halogens is 1. The Hall–Kier alpha value is -3.77. The Kier molecular flexibility index (Phi) is 7.18. The van der Waals surface area contributed by atoms with E-state index in [1.54, 1.807) is 0 Å². The smallest absolute Gasteiger partial charge is 0.341 e. The molecule has 1 saturated heterocycles. The van der Waals surface area contributed by atoms with Gasteiger partial charge in [0.05, 0.1) is 34.3 Å². The summed E-state index contributed by atoms with van der Waals surface area (Å²) in [5, 5.41) is 24.7. The number of nitrogens with zero attached hydrogens (tertiary/aromatic N) is 3. The first kappa shape index (κ1) is 22.9. The molecule has 0 bridgehead atoms. The van der Waals surface area contributed by atoms with E-state index >= 15 is 0 Å². The number of hydrogen-bond donors (Lipinski definition) is 1. The number of ether oxygens (including phenoxy) is 2. The second-order valence-corrected chi connectivity index (χ2v) is 7.04. The number of morpholine rings is 1. The third-order valence-electron chi connectivity index (χ3n) is 4.53. The van der Waals surface area contributed by atoms with Gasteiger partial charge in [-0.25, -0.2) is 4.79 Å². The Morgan fingerprint density at radius 1 is 1.09 bits per heavy atom. The van der Waals surface area contributed by atoms with Crippen molar-refractivity contribution in [2.45, 2.75) is 0 Å². The summed E-state index contributed by atoms with van der Waals surface area (Å²) in [6.45, 7) is 1.01. The van der Waals surface area contributed by atoms with Gasteiger partial charge < -0.3 is 19.7 Å². The molecule has 1 aliphatic heterocycles. The Labute approximate surface area is 186 Å². The van der Waals surface area contributed by atoms with Gasteiger partial charge in [0.15, 0.2) is 6.61 Å². The van der Waals surface area contributed by atoms with E-state index in [-0.39, 0.29) is 27.6 Å². The van der Waals surface area contributed by atoms with E-state index in [0.717, 1.165) is 12.1 Å². The molecule has 1 heterocycles. The van der Waals surface area contributed by atoms with Gasteiger partial charge in [0.2, 0.25) is 0 Å². The third kappa shape index (κ3) is 5.47. The van der Waals surface area contributed by atoms with Crippen LogP contribution in [0.5, 0.6) is 0 Å². The van der Waals surface area contributed by atoms with E-state index in [2.05, 4.69) is 5.32 Å². The molecule has 32 heavy (non-hydrogen) atoms. The van der Waals surface area contributed by atoms with Crippen molar-refractivity contribution in [1.29, 1.82) is 0 Å². The molecule has 12 nitrogen and oxygen atoms in total. The largest absolute Gasteiger partial charge is 0.452 e. The molecule has 13 heteroatoms. The van der Waals surface area contributed by atoms with E-state index in [1.165, 1.54) is 24.3 Å². The summed E-state index contributed by atoms with van der Waals surface area (Å²) in [7, 11) is 0. The predicted octanol–water partition coefficient (Wildman–Crippen LogP) is 2.79. The van der Waals surface area contributed by atoms with Crippen LogP contribution < -0.4 is 10.2 Å². The summed E-state index contributed by atoms with van der Waals surface area (Å²) < 4.78 is 10.3. The highest BCUT2D eigenvalue weighted by molar-refractivity contribution is 6.31. The molecule has 3 rings (SSSR count). The van der Waals surface area contributed by atoms with Crippen LogP contribution in [0.15, 0.2) is 36.4 Å². The summed E-state index contributed by atoms with van der Waals surface area (Å²) in [5.41, 5.74) is -0.527. The fourth-order valence-corrected chi connectivity index (χ4v) is 3.22. The van der Waals surface area contributed by atoms with Gasteiger partial charge in [-0.1, -0.05) is 11.6 Å². The maximum absolute atomic E-state index is 12.7. The molecule has 0 saturated carbocycles. The van der Waals surface area contributed by atoms with Crippen molar-refractivity contribution in [2.24, 2.45) is 0 Å². The minimum atomic E-state index is -0.953. The Morgan fingerprint density at radius 3 is 2.47 bits per heavy atom. The highest BCUT2D eigenvalue weighted by Gasteiger charge is 2.24. The summed E-state index contributed by atoms with van der Waals surface area (Å²) in [6.07, 6.45) is 0. The molecule has 0 radical (unpaired) electrons. The summed E-state index contributed by atoms with van der Waals surface area (Å²) in [4.78, 5) is 47.6. The quantitative estimate of drug-likeness (QED) is 0.370. The average molecular weight is 465 g/mol. The lowest BCUT2D eigenvalue weighted by Gasteiger charge is -2.30. The van der Waals surface area contributed by atoms with E-state index in [4.69, 9.17) is 21.1 Å². The lowest BCUT2D eigenvalue weighted by molar-refractivity contribution is -0.384. The van der Waals surface area contributed by atoms with Gasteiger partial charge in [0.25, 0.3) is 17.3 Å². The van der Waals surface area contributed by atoms with Crippen LogP contribution in [-0.2, 0) is 14.3 Å². The third-order valence-corrected chi connectivity index (χ3v) is 4.76. The van der Waals surface area contributed by atoms with Crippen molar-refractivity contribution in [3.05, 3.63) is 67.2 Å². The first-order chi connectivity index (χ1) is 15.3. The molecule has 0 unspecified atom stereocenters. The molecule has 0 spiro atoms. The number of carbonyl (C=O) groups excluding carboxylic acids is 2. The molecule has 0 atom stereocenters. The van der Waals surface area contributed by atoms with Crippen LogP contribution in [0.3, 0.4) is 0 Å². The molecule has 1 aliphatic rings. The number of nitrogens with one attached hydrogen (secondary N) is 1. The lowest BCUT2D eigenvalue weighted by atomic mass is 10.1. The van der Waals surface area contributed by atoms with Gasteiger partial charge in [-0.15, -0.1) is 0 Å². The number of esters is 1. The normalized spacial score (nSPS) is 13.3. The maximum atomic E-state index is 12.7. The highest BCUT2D eigenvalue weighted by atomic mass is 35.5. The number of anilines is 2. The van der Waals surface area contributed by atoms with Crippen LogP contribution in [0.4, 0.5) is 22.7 Å². The van der Waals surface area contributed by atoms with Crippen molar-refractivity contribution in [2.75, 3.05) is 43.1 Å². The number of benzene rings is 2. The molecule has 0 aliphatic carbocycles. The molecular weight excluding hydrogens is 448 g/mol. The average Bonchev–Trinajstić information content (AvgIpc) is 2.77. The second-order valence-electron chi connectivity index (χ2n) is 6.60. The van der Waals surface area contributed by atoms with Crippen molar-refractivity contribution in [3.8, 4) is 0 Å². The van der Waals surface area contributed by atoms with Crippen molar-refractivity contribution in [3.63, 3.8) is 0 Å². The minimum absolute atomic E-state index is 0.0809. The number of nitro groups is 2. The van der Waals surface area contributed by atoms with Crippen LogP contribution in [0.2, 0.25) is 5.02 Å². The monoisotopic (exact) mass is 464 g/mol. The summed E-state index contributed by atoms with van der Waals surface area (Å²) in [5.74, 6) is -1.80. The first-order valence-electron chi connectivity index (χ1n) is 9.28. The SMILES string of the molecule is O=C(COC(=O)c1cc([N+](=O)[O-])ccc1N1CCOCC1)Nc1cc(Cl)ccc1[N+](=O)[O-]. The van der Waals surface area contributed by atoms with Crippen molar-refractivity contribution >= 4 is 46.2 Å². The minimum Gasteiger partial charge on any atom is -0.452 e. The number of non-ortho nitro benzene ring substituents is 1. The van der Waals surface area contributed by atoms with Gasteiger partial charge in [-0.05, 0) is 18.2 Å². The topological polar surface area (TPSA) is 154 Å². The predicted molar refractivity (Wildman–Crippen MR) is 113 cm³/mol. The van der Waals surface area contributed by atoms with Crippen LogP contribution in [-0.4, -0.2) is 54.6 Å². The Morgan fingerprint density at radius 2 is 1.81 bits per heavy atom. The Bertz CT molecular complexity index is 1070. The fourth-order valence-electron chi connectivity index (χ4n) is 3.04. The second kappa shape index (κ2) is 10.0. The van der Waals surface area contributed by atoms with Gasteiger partial charge in [-0.3, -0.25) is 25.0 Å². The molecule has 1 N–H and O–H groups in total. The van der Waals surface area contributed by atoms with E-state index in [1.807, 2.05) is 4.90 Å². The van der Waals surface area contributed by atoms with Gasteiger partial charge in [0, 0.05) is 36.3 Å². The summed E-state index contributed by atoms with van der Waals surface area (Å²) >= 11 is 5.82. The number of carbonyl (C=O) groups is 2. The number of hydrogen-bond acceptors (Lipinski definition) is 9. The lowest BCUT2D eigenvalue weighted by Crippen LogP contribution is -2.37. The Balaban J connectivity index is 1.75. The standard InChI is InChI=1S/C19H17ClN4O8/c20-12-1-3-17(24(29)30)15(9-12)21-18(25)11-32-19(26)14-10-13(23(27)28)2-4-16(14)22-5-7-31-8-6-22/h1-4,9-10H,5-8,11H2,(H,21,25). The van der Waals surface area contributed by atoms with E-state index in [0.29, 0.717) is 32.0 Å². The van der Waals surface area contributed by atoms with Crippen molar-refractivity contribution in [1.82, 2.24) is 0 Å². The zero-order valence-electron chi connectivity index (χ0n) is 16.5. The first-order valence-corrected chi connectivity index (χ1v) is 9.66. The molecular formula is C19H17ClN4O8. The van der Waals surface area contributed by atoms with E-state index < -0.39 is 28.3 Å². The molecule has 1 amide bonds. The van der Waals surface area contributed by atoms with Crippen LogP contribution in [0, 0.1) is 20.2 Å². The molecule has 2 aromatic rings. The number of amides is 1. The van der Waals surface area contributed by atoms with E-state index in [9.17, 15) is 29.8 Å². The fraction of sp³-hybridized carbons (Fsp3) is 0.263. The van der Waals surface area contributed by atoms with Gasteiger partial charge >= 0.3 is 5.97 Å². The molecule has 1 fully saturated rings. The molecule has 0 aromatic heterocycles. The number of nitro benzene ring substituents is 2. The zero-order valence-corrected chi connectivity index (χ0v) is 17.2. The van der Waals surface area contributed by atoms with Crippen molar-refractivity contribution < 1.29 is 28.9 Å².